The lowest BCUT2D eigenvalue weighted by atomic mass is 9.76. The number of fused-ring (bicyclic) bond motifs is 1. The van der Waals surface area contributed by atoms with Gasteiger partial charge in [-0.25, -0.2) is 9.18 Å². The summed E-state index contributed by atoms with van der Waals surface area (Å²) in [5.74, 6) is 0.599. The number of carbonyl (C=O) groups excluding carboxylic acids is 1. The Bertz CT molecular complexity index is 738. The normalized spacial score (nSPS) is 25.9. The number of nitrogens with zero attached hydrogens (tertiary/aromatic N) is 1. The second-order valence-electron chi connectivity index (χ2n) is 7.43. The van der Waals surface area contributed by atoms with Crippen LogP contribution in [0.5, 0.6) is 0 Å². The maximum Gasteiger partial charge on any atom is 0.413 e. The number of halogens is 2. The van der Waals surface area contributed by atoms with E-state index in [1.807, 2.05) is 20.8 Å². The van der Waals surface area contributed by atoms with Crippen LogP contribution >= 0.6 is 27.7 Å². The molecule has 1 saturated heterocycles. The lowest BCUT2D eigenvalue weighted by Gasteiger charge is -2.44. The lowest BCUT2D eigenvalue weighted by molar-refractivity contribution is 0.00987. The average molecular weight is 445 g/mol. The quantitative estimate of drug-likeness (QED) is 0.694. The van der Waals surface area contributed by atoms with Gasteiger partial charge in [0.2, 0.25) is 0 Å². The van der Waals surface area contributed by atoms with Crippen LogP contribution in [0.1, 0.15) is 32.8 Å². The third-order valence-electron chi connectivity index (χ3n) is 4.37. The Labute approximate surface area is 165 Å². The Morgan fingerprint density at radius 2 is 2.27 bits per heavy atom. The van der Waals surface area contributed by atoms with Crippen molar-refractivity contribution in [1.29, 1.82) is 0 Å². The number of carbonyl (C=O) groups is 1. The number of rotatable bonds is 1. The summed E-state index contributed by atoms with van der Waals surface area (Å²) in [5, 5.41) is 3.28. The zero-order valence-corrected chi connectivity index (χ0v) is 17.4. The van der Waals surface area contributed by atoms with Gasteiger partial charge < -0.3 is 9.47 Å². The molecule has 1 aromatic carbocycles. The summed E-state index contributed by atoms with van der Waals surface area (Å²) in [6.07, 6.45) is 0.153. The van der Waals surface area contributed by atoms with Gasteiger partial charge in [0.05, 0.1) is 16.6 Å². The van der Waals surface area contributed by atoms with Crippen molar-refractivity contribution < 1.29 is 18.7 Å². The molecule has 142 valence electrons. The third-order valence-corrected chi connectivity index (χ3v) is 6.02. The summed E-state index contributed by atoms with van der Waals surface area (Å²) in [6, 6.07) is 4.99. The Kier molecular flexibility index (Phi) is 5.65. The minimum Gasteiger partial charge on any atom is -0.444 e. The first-order valence-corrected chi connectivity index (χ1v) is 10.2. The Balaban J connectivity index is 1.92. The van der Waals surface area contributed by atoms with Gasteiger partial charge in [0, 0.05) is 24.7 Å². The average Bonchev–Trinajstić information content (AvgIpc) is 2.55. The molecule has 0 aliphatic carbocycles. The molecule has 1 N–H and O–H groups in total. The molecule has 2 atom stereocenters. The second kappa shape index (κ2) is 7.48. The first kappa shape index (κ1) is 19.6. The summed E-state index contributed by atoms with van der Waals surface area (Å²) in [4.78, 5) is 17.0. The highest BCUT2D eigenvalue weighted by molar-refractivity contribution is 9.10. The number of hydrogen-bond donors (Lipinski definition) is 1. The van der Waals surface area contributed by atoms with E-state index in [9.17, 15) is 9.18 Å². The highest BCUT2D eigenvalue weighted by Crippen LogP contribution is 2.46. The molecule has 2 aliphatic heterocycles. The van der Waals surface area contributed by atoms with Crippen LogP contribution in [-0.2, 0) is 15.0 Å². The number of ether oxygens (including phenoxy) is 2. The maximum absolute atomic E-state index is 13.7. The summed E-state index contributed by atoms with van der Waals surface area (Å²) in [5.41, 5.74) is -0.197. The van der Waals surface area contributed by atoms with Crippen LogP contribution in [-0.4, -0.2) is 35.8 Å². The molecule has 1 amide bonds. The molecule has 26 heavy (non-hydrogen) atoms. The first-order valence-electron chi connectivity index (χ1n) is 8.45. The fourth-order valence-corrected chi connectivity index (χ4v) is 4.68. The van der Waals surface area contributed by atoms with Gasteiger partial charge in [0.25, 0.3) is 0 Å². The van der Waals surface area contributed by atoms with Gasteiger partial charge in [0.15, 0.2) is 5.17 Å². The molecule has 0 spiro atoms. The summed E-state index contributed by atoms with van der Waals surface area (Å²) in [7, 11) is 0. The fraction of sp³-hybridized carbons (Fsp3) is 0.556. The van der Waals surface area contributed by atoms with Crippen molar-refractivity contribution in [3.8, 4) is 0 Å². The monoisotopic (exact) mass is 444 g/mol. The van der Waals surface area contributed by atoms with E-state index in [4.69, 9.17) is 14.5 Å². The fourth-order valence-electron chi connectivity index (χ4n) is 3.19. The van der Waals surface area contributed by atoms with Crippen LogP contribution in [0.2, 0.25) is 0 Å². The molecule has 2 aliphatic rings. The first-order chi connectivity index (χ1) is 12.2. The van der Waals surface area contributed by atoms with Gasteiger partial charge in [-0.15, -0.1) is 0 Å². The largest absolute Gasteiger partial charge is 0.444 e. The van der Waals surface area contributed by atoms with Crippen molar-refractivity contribution in [3.05, 3.63) is 34.1 Å². The Hall–Kier alpha value is -1.12. The van der Waals surface area contributed by atoms with Crippen molar-refractivity contribution in [2.45, 2.75) is 38.3 Å². The van der Waals surface area contributed by atoms with Crippen LogP contribution in [0.3, 0.4) is 0 Å². The van der Waals surface area contributed by atoms with Crippen LogP contribution in [0, 0.1) is 11.7 Å². The molecular formula is C18H22BrFN2O3S. The minimum absolute atomic E-state index is 0.155. The highest BCUT2D eigenvalue weighted by Gasteiger charge is 2.46. The molecule has 1 fully saturated rings. The summed E-state index contributed by atoms with van der Waals surface area (Å²) < 4.78 is 25.1. The summed E-state index contributed by atoms with van der Waals surface area (Å²) >= 11 is 4.74. The standard InChI is InChI=1S/C18H22BrFN2O3S/c1-17(2,3)25-16(23)21-15-22-18(6-7-24-9-12(18)10-26-15)11-4-5-14(20)13(19)8-11/h4-5,8,12H,6-7,9-10H2,1-3H3,(H,21,22,23). The summed E-state index contributed by atoms with van der Waals surface area (Å²) in [6.45, 7) is 6.60. The molecule has 0 aromatic heterocycles. The smallest absolute Gasteiger partial charge is 0.413 e. The highest BCUT2D eigenvalue weighted by atomic mass is 79.9. The van der Waals surface area contributed by atoms with Gasteiger partial charge in [-0.05, 0) is 54.4 Å². The van der Waals surface area contributed by atoms with E-state index >= 15 is 0 Å². The van der Waals surface area contributed by atoms with Crippen LogP contribution in [0.25, 0.3) is 0 Å². The number of thioether (sulfide) groups is 1. The van der Waals surface area contributed by atoms with Gasteiger partial charge in [-0.1, -0.05) is 17.8 Å². The Morgan fingerprint density at radius 3 is 2.96 bits per heavy atom. The number of alkyl carbamates (subject to hydrolysis) is 1. The molecule has 8 heteroatoms. The molecule has 5 nitrogen and oxygen atoms in total. The van der Waals surface area contributed by atoms with Crippen molar-refractivity contribution in [1.82, 2.24) is 5.32 Å². The molecule has 3 rings (SSSR count). The van der Waals surface area contributed by atoms with E-state index in [-0.39, 0.29) is 11.7 Å². The minimum atomic E-state index is -0.579. The molecule has 2 unspecified atom stereocenters. The number of benzene rings is 1. The number of nitrogens with one attached hydrogen (secondary N) is 1. The van der Waals surface area contributed by atoms with E-state index < -0.39 is 17.2 Å². The van der Waals surface area contributed by atoms with Crippen LogP contribution in [0.4, 0.5) is 9.18 Å². The van der Waals surface area contributed by atoms with Gasteiger partial charge in [0.1, 0.15) is 11.4 Å². The van der Waals surface area contributed by atoms with Gasteiger partial charge >= 0.3 is 6.09 Å². The van der Waals surface area contributed by atoms with Gasteiger partial charge in [-0.2, -0.15) is 0 Å². The van der Waals surface area contributed by atoms with Crippen molar-refractivity contribution in [2.24, 2.45) is 10.9 Å². The molecule has 2 heterocycles. The van der Waals surface area contributed by atoms with Gasteiger partial charge in [-0.3, -0.25) is 10.3 Å². The van der Waals surface area contributed by atoms with Crippen molar-refractivity contribution in [3.63, 3.8) is 0 Å². The molecule has 0 bridgehead atoms. The number of hydrogen-bond acceptors (Lipinski definition) is 5. The van der Waals surface area contributed by atoms with E-state index in [0.29, 0.717) is 29.3 Å². The molecule has 0 saturated carbocycles. The topological polar surface area (TPSA) is 59.9 Å². The number of amidine groups is 1. The molecule has 1 aromatic rings. The Morgan fingerprint density at radius 1 is 1.50 bits per heavy atom. The zero-order valence-electron chi connectivity index (χ0n) is 15.0. The zero-order chi connectivity index (χ0) is 18.9. The third kappa shape index (κ3) is 4.23. The van der Waals surface area contributed by atoms with Crippen molar-refractivity contribution >= 4 is 39.0 Å². The van der Waals surface area contributed by atoms with E-state index in [1.165, 1.54) is 17.8 Å². The number of aliphatic imine (C=N–C) groups is 1. The van der Waals surface area contributed by atoms with E-state index in [0.717, 1.165) is 11.3 Å². The predicted octanol–water partition coefficient (Wildman–Crippen LogP) is 4.45. The van der Waals surface area contributed by atoms with Crippen LogP contribution < -0.4 is 5.32 Å². The van der Waals surface area contributed by atoms with E-state index in [1.54, 1.807) is 12.1 Å². The van der Waals surface area contributed by atoms with Crippen molar-refractivity contribution in [2.75, 3.05) is 19.0 Å². The maximum atomic E-state index is 13.7. The lowest BCUT2D eigenvalue weighted by Crippen LogP contribution is -2.48. The molecular weight excluding hydrogens is 423 g/mol. The van der Waals surface area contributed by atoms with Crippen LogP contribution in [0.15, 0.2) is 27.7 Å². The molecule has 0 radical (unpaired) electrons. The SMILES string of the molecule is CC(C)(C)OC(=O)NC1=NC2(c3ccc(F)c(Br)c3)CCOCC2CS1. The predicted molar refractivity (Wildman–Crippen MR) is 104 cm³/mol. The van der Waals surface area contributed by atoms with E-state index in [2.05, 4.69) is 21.2 Å². The number of amides is 1. The second-order valence-corrected chi connectivity index (χ2v) is 9.29.